The van der Waals surface area contributed by atoms with Crippen LogP contribution in [0, 0.1) is 5.41 Å². The summed E-state index contributed by atoms with van der Waals surface area (Å²) in [5, 5.41) is 13.8. The van der Waals surface area contributed by atoms with Crippen LogP contribution in [0.5, 0.6) is 0 Å². The number of ether oxygens (including phenoxy) is 1. The minimum absolute atomic E-state index is 0.0389. The summed E-state index contributed by atoms with van der Waals surface area (Å²) < 4.78 is 11.4. The van der Waals surface area contributed by atoms with E-state index < -0.39 is 5.41 Å². The number of carbonyl (C=O) groups is 4. The second-order valence-electron chi connectivity index (χ2n) is 9.03. The zero-order valence-electron chi connectivity index (χ0n) is 19.9. The number of furan rings is 1. The zero-order chi connectivity index (χ0) is 25.1. The molecule has 0 radical (unpaired) electrons. The molecule has 0 aromatic carbocycles. The molecule has 11 nitrogen and oxygen atoms in total. The van der Waals surface area contributed by atoms with Crippen LogP contribution in [0.4, 0.5) is 0 Å². The van der Waals surface area contributed by atoms with E-state index in [1.807, 2.05) is 30.0 Å². The zero-order valence-corrected chi connectivity index (χ0v) is 19.9. The van der Waals surface area contributed by atoms with Gasteiger partial charge in [-0.15, -0.1) is 0 Å². The van der Waals surface area contributed by atoms with E-state index in [2.05, 4.69) is 4.90 Å². The van der Waals surface area contributed by atoms with E-state index in [0.717, 1.165) is 38.4 Å². The predicted octanol–water partition coefficient (Wildman–Crippen LogP) is 1.38. The summed E-state index contributed by atoms with van der Waals surface area (Å²) in [5.74, 6) is 1.10. The third-order valence-corrected chi connectivity index (χ3v) is 6.35. The molecule has 1 aromatic heterocycles. The molecule has 4 heterocycles. The van der Waals surface area contributed by atoms with Crippen LogP contribution in [-0.4, -0.2) is 103 Å². The van der Waals surface area contributed by atoms with Crippen molar-refractivity contribution in [1.82, 2.24) is 14.7 Å². The quantitative estimate of drug-likeness (QED) is 0.468. The standard InChI is InChI=1S/C21H31N3O4.2CH2O2/c1-22(2)14-17-13-21(20(26)28-17)7-11-24(12-8-21)19(25)18-6-5-16(27-18)15-23-9-3-4-10-23;2*2-1-3/h5-6,17H,3-4,7-15H2,1-2H3;2*1H,(H,2,3). The fourth-order valence-electron chi connectivity index (χ4n) is 4.79. The summed E-state index contributed by atoms with van der Waals surface area (Å²) in [5.41, 5.74) is -0.415. The Morgan fingerprint density at radius 1 is 1.12 bits per heavy atom. The van der Waals surface area contributed by atoms with E-state index in [4.69, 9.17) is 29.0 Å². The number of piperidine rings is 1. The van der Waals surface area contributed by atoms with Crippen LogP contribution in [0.25, 0.3) is 0 Å². The number of carbonyl (C=O) groups excluding carboxylic acids is 2. The van der Waals surface area contributed by atoms with Gasteiger partial charge < -0.3 is 29.2 Å². The molecule has 2 N–H and O–H groups in total. The monoisotopic (exact) mass is 481 g/mol. The molecule has 1 unspecified atom stereocenters. The van der Waals surface area contributed by atoms with E-state index in [9.17, 15) is 9.59 Å². The molecule has 4 rings (SSSR count). The Labute approximate surface area is 199 Å². The Morgan fingerprint density at radius 3 is 2.26 bits per heavy atom. The molecule has 3 saturated heterocycles. The van der Waals surface area contributed by atoms with Gasteiger partial charge in [-0.1, -0.05) is 0 Å². The molecule has 1 amide bonds. The first kappa shape index (κ1) is 27.3. The van der Waals surface area contributed by atoms with Crippen LogP contribution in [-0.2, 0) is 25.7 Å². The lowest BCUT2D eigenvalue weighted by atomic mass is 9.76. The van der Waals surface area contributed by atoms with Gasteiger partial charge in [0.05, 0.1) is 12.0 Å². The molecule has 190 valence electrons. The van der Waals surface area contributed by atoms with Crippen molar-refractivity contribution >= 4 is 24.8 Å². The van der Waals surface area contributed by atoms with Crippen molar-refractivity contribution in [1.29, 1.82) is 0 Å². The Kier molecular flexibility index (Phi) is 10.5. The maximum Gasteiger partial charge on any atom is 0.312 e. The average molecular weight is 482 g/mol. The smallest absolute Gasteiger partial charge is 0.312 e. The minimum Gasteiger partial charge on any atom is -0.483 e. The van der Waals surface area contributed by atoms with Crippen LogP contribution in [0.15, 0.2) is 16.5 Å². The summed E-state index contributed by atoms with van der Waals surface area (Å²) in [6, 6.07) is 3.70. The van der Waals surface area contributed by atoms with Crippen molar-refractivity contribution in [3.05, 3.63) is 23.7 Å². The van der Waals surface area contributed by atoms with Crippen LogP contribution >= 0.6 is 0 Å². The van der Waals surface area contributed by atoms with Gasteiger partial charge in [0.2, 0.25) is 0 Å². The summed E-state index contributed by atoms with van der Waals surface area (Å²) in [6.07, 6.45) is 4.53. The topological polar surface area (TPSA) is 141 Å². The third kappa shape index (κ3) is 7.29. The van der Waals surface area contributed by atoms with Crippen molar-refractivity contribution in [2.75, 3.05) is 46.8 Å². The third-order valence-electron chi connectivity index (χ3n) is 6.35. The van der Waals surface area contributed by atoms with Crippen LogP contribution < -0.4 is 0 Å². The van der Waals surface area contributed by atoms with Crippen LogP contribution in [0.3, 0.4) is 0 Å². The molecule has 0 saturated carbocycles. The van der Waals surface area contributed by atoms with E-state index in [1.165, 1.54) is 12.8 Å². The van der Waals surface area contributed by atoms with Crippen LogP contribution in [0.2, 0.25) is 0 Å². The van der Waals surface area contributed by atoms with Gasteiger partial charge >= 0.3 is 5.97 Å². The molecule has 3 fully saturated rings. The van der Waals surface area contributed by atoms with Crippen molar-refractivity contribution in [2.45, 2.75) is 44.8 Å². The van der Waals surface area contributed by atoms with E-state index in [0.29, 0.717) is 31.7 Å². The molecular weight excluding hydrogens is 446 g/mol. The highest BCUT2D eigenvalue weighted by Gasteiger charge is 2.51. The maximum absolute atomic E-state index is 12.8. The van der Waals surface area contributed by atoms with E-state index >= 15 is 0 Å². The number of likely N-dealkylation sites (tertiary alicyclic amines) is 2. The number of hydrogen-bond acceptors (Lipinski definition) is 8. The summed E-state index contributed by atoms with van der Waals surface area (Å²) in [7, 11) is 3.98. The average Bonchev–Trinajstić information content (AvgIpc) is 3.52. The highest BCUT2D eigenvalue weighted by Crippen LogP contribution is 2.43. The molecule has 11 heteroatoms. The highest BCUT2D eigenvalue weighted by atomic mass is 16.6. The summed E-state index contributed by atoms with van der Waals surface area (Å²) in [4.78, 5) is 48.3. The first-order valence-corrected chi connectivity index (χ1v) is 11.4. The first-order chi connectivity index (χ1) is 16.3. The Bertz CT molecular complexity index is 805. The van der Waals surface area contributed by atoms with Crippen molar-refractivity contribution in [3.63, 3.8) is 0 Å². The van der Waals surface area contributed by atoms with Gasteiger partial charge in [-0.3, -0.25) is 24.1 Å². The Morgan fingerprint density at radius 2 is 1.71 bits per heavy atom. The SMILES string of the molecule is CN(C)CC1CC2(CCN(C(=O)c3ccc(CN4CCCC4)o3)CC2)C(=O)O1.O=CO.O=CO. The fourth-order valence-corrected chi connectivity index (χ4v) is 4.79. The summed E-state index contributed by atoms with van der Waals surface area (Å²) >= 11 is 0. The molecule has 0 aliphatic carbocycles. The van der Waals surface area contributed by atoms with Crippen molar-refractivity contribution in [3.8, 4) is 0 Å². The maximum atomic E-state index is 12.8. The van der Waals surface area contributed by atoms with Gasteiger partial charge in [0, 0.05) is 26.1 Å². The molecule has 1 atom stereocenters. The lowest BCUT2D eigenvalue weighted by molar-refractivity contribution is -0.150. The minimum atomic E-state index is -0.415. The number of hydrogen-bond donors (Lipinski definition) is 2. The Hall–Kier alpha value is -2.92. The molecule has 1 aromatic rings. The van der Waals surface area contributed by atoms with Gasteiger partial charge in [0.15, 0.2) is 5.76 Å². The number of cyclic esters (lactones) is 1. The van der Waals surface area contributed by atoms with Gasteiger partial charge in [-0.05, 0) is 65.0 Å². The molecular formula is C23H35N3O8. The number of esters is 1. The largest absolute Gasteiger partial charge is 0.483 e. The molecule has 1 spiro atoms. The highest BCUT2D eigenvalue weighted by molar-refractivity contribution is 5.92. The first-order valence-electron chi connectivity index (χ1n) is 11.4. The molecule has 34 heavy (non-hydrogen) atoms. The van der Waals surface area contributed by atoms with Gasteiger partial charge in [-0.25, -0.2) is 0 Å². The predicted molar refractivity (Wildman–Crippen MR) is 121 cm³/mol. The number of carboxylic acid groups (broad SMARTS) is 2. The number of amides is 1. The second kappa shape index (κ2) is 13.1. The summed E-state index contributed by atoms with van der Waals surface area (Å²) in [6.45, 7) is 4.37. The van der Waals surface area contributed by atoms with Gasteiger partial charge in [0.1, 0.15) is 11.9 Å². The van der Waals surface area contributed by atoms with Gasteiger partial charge in [0.25, 0.3) is 18.9 Å². The lowest BCUT2D eigenvalue weighted by Gasteiger charge is -2.36. The van der Waals surface area contributed by atoms with Gasteiger partial charge in [-0.2, -0.15) is 0 Å². The lowest BCUT2D eigenvalue weighted by Crippen LogP contribution is -2.45. The number of likely N-dealkylation sites (N-methyl/N-ethyl adjacent to an activating group) is 1. The normalized spacial score (nSPS) is 21.3. The fraction of sp³-hybridized carbons (Fsp3) is 0.652. The molecule has 0 bridgehead atoms. The Balaban J connectivity index is 0.000000618. The number of rotatable bonds is 5. The van der Waals surface area contributed by atoms with Crippen molar-refractivity contribution in [2.24, 2.45) is 5.41 Å². The molecule has 3 aliphatic heterocycles. The van der Waals surface area contributed by atoms with Crippen molar-refractivity contribution < 1.29 is 38.5 Å². The number of nitrogens with zero attached hydrogens (tertiary/aromatic N) is 3. The molecule has 3 aliphatic rings. The van der Waals surface area contributed by atoms with E-state index in [-0.39, 0.29) is 30.9 Å². The van der Waals surface area contributed by atoms with E-state index in [1.54, 1.807) is 6.07 Å². The second-order valence-corrected chi connectivity index (χ2v) is 9.03. The van der Waals surface area contributed by atoms with Crippen LogP contribution in [0.1, 0.15) is 48.4 Å².